The lowest BCUT2D eigenvalue weighted by atomic mass is 10.1. The third kappa shape index (κ3) is 7.56. The number of aliphatic imine (C=N–C) groups is 1. The van der Waals surface area contributed by atoms with Crippen LogP contribution in [0.25, 0.3) is 0 Å². The number of amidine groups is 1. The van der Waals surface area contributed by atoms with E-state index >= 15 is 0 Å². The maximum absolute atomic E-state index is 13.0. The van der Waals surface area contributed by atoms with Crippen molar-refractivity contribution in [3.8, 4) is 5.75 Å². The van der Waals surface area contributed by atoms with E-state index in [1.54, 1.807) is 12.1 Å². The molecule has 0 aliphatic rings. The summed E-state index contributed by atoms with van der Waals surface area (Å²) in [6, 6.07) is 20.0. The van der Waals surface area contributed by atoms with E-state index in [4.69, 9.17) is 4.99 Å². The fourth-order valence-electron chi connectivity index (χ4n) is 3.18. The van der Waals surface area contributed by atoms with Crippen molar-refractivity contribution in [2.45, 2.75) is 38.4 Å². The van der Waals surface area contributed by atoms with E-state index in [2.05, 4.69) is 18.7 Å². The van der Waals surface area contributed by atoms with Gasteiger partial charge in [0.1, 0.15) is 5.75 Å². The van der Waals surface area contributed by atoms with Gasteiger partial charge in [0.15, 0.2) is 5.17 Å². The van der Waals surface area contributed by atoms with Crippen molar-refractivity contribution in [1.82, 2.24) is 4.90 Å². The molecule has 0 amide bonds. The van der Waals surface area contributed by atoms with Crippen molar-refractivity contribution >= 4 is 22.6 Å². The summed E-state index contributed by atoms with van der Waals surface area (Å²) in [4.78, 5) is 7.87. The fraction of sp³-hybridized carbons (Fsp3) is 0.269. The number of halogens is 3. The zero-order chi connectivity index (χ0) is 24.0. The molecule has 1 N–H and O–H groups in total. The lowest BCUT2D eigenvalue weighted by Gasteiger charge is -2.28. The Kier molecular flexibility index (Phi) is 8.08. The highest BCUT2D eigenvalue weighted by atomic mass is 32.2. The van der Waals surface area contributed by atoms with Crippen LogP contribution in [0.15, 0.2) is 82.7 Å². The van der Waals surface area contributed by atoms with Crippen molar-refractivity contribution in [2.24, 2.45) is 10.9 Å². The summed E-state index contributed by atoms with van der Waals surface area (Å²) in [6.45, 7) is 7.49. The second-order valence-corrected chi connectivity index (χ2v) is 9.34. The molecule has 0 saturated carbocycles. The molecule has 33 heavy (non-hydrogen) atoms. The topological polar surface area (TPSA) is 35.8 Å². The first-order valence-electron chi connectivity index (χ1n) is 10.6. The van der Waals surface area contributed by atoms with Crippen molar-refractivity contribution < 1.29 is 18.3 Å². The zero-order valence-corrected chi connectivity index (χ0v) is 19.6. The molecule has 0 fully saturated rings. The van der Waals surface area contributed by atoms with Gasteiger partial charge in [-0.15, -0.1) is 0 Å². The number of nitrogens with zero attached hydrogens (tertiary/aromatic N) is 2. The van der Waals surface area contributed by atoms with Gasteiger partial charge in [0.25, 0.3) is 0 Å². The van der Waals surface area contributed by atoms with Gasteiger partial charge < -0.3 is 10.0 Å². The molecule has 0 bridgehead atoms. The second-order valence-electron chi connectivity index (χ2n) is 8.29. The van der Waals surface area contributed by atoms with Gasteiger partial charge in [-0.3, -0.25) is 0 Å². The van der Waals surface area contributed by atoms with Gasteiger partial charge in [0.2, 0.25) is 0 Å². The Morgan fingerprint density at radius 1 is 0.939 bits per heavy atom. The zero-order valence-electron chi connectivity index (χ0n) is 18.8. The van der Waals surface area contributed by atoms with E-state index in [-0.39, 0.29) is 5.75 Å². The van der Waals surface area contributed by atoms with Crippen molar-refractivity contribution in [1.29, 1.82) is 0 Å². The van der Waals surface area contributed by atoms with E-state index in [1.807, 2.05) is 43.3 Å². The van der Waals surface area contributed by atoms with Crippen LogP contribution in [0.1, 0.15) is 30.5 Å². The number of benzene rings is 3. The normalized spacial score (nSPS) is 12.3. The van der Waals surface area contributed by atoms with Gasteiger partial charge in [-0.25, -0.2) is 4.99 Å². The number of phenolic OH excluding ortho intramolecular Hbond substituents is 1. The summed E-state index contributed by atoms with van der Waals surface area (Å²) < 4.78 is 38.9. The average Bonchev–Trinajstić information content (AvgIpc) is 2.75. The molecule has 3 nitrogen and oxygen atoms in total. The Bertz CT molecular complexity index is 1060. The maximum atomic E-state index is 13.0. The molecule has 0 heterocycles. The summed E-state index contributed by atoms with van der Waals surface area (Å²) >= 11 is 1.48. The number of rotatable bonds is 6. The highest BCUT2D eigenvalue weighted by Crippen LogP contribution is 2.32. The molecule has 0 unspecified atom stereocenters. The van der Waals surface area contributed by atoms with Crippen LogP contribution in [0.4, 0.5) is 18.9 Å². The first kappa shape index (κ1) is 24.7. The van der Waals surface area contributed by atoms with Gasteiger partial charge in [-0.1, -0.05) is 55.4 Å². The first-order valence-corrected chi connectivity index (χ1v) is 11.4. The maximum Gasteiger partial charge on any atom is 0.416 e. The second kappa shape index (κ2) is 10.8. The molecule has 0 spiro atoms. The van der Waals surface area contributed by atoms with Crippen molar-refractivity contribution in [3.05, 3.63) is 89.5 Å². The average molecular weight is 473 g/mol. The van der Waals surface area contributed by atoms with Crippen LogP contribution < -0.4 is 0 Å². The summed E-state index contributed by atoms with van der Waals surface area (Å²) in [7, 11) is 0. The Morgan fingerprint density at radius 3 is 2.09 bits per heavy atom. The van der Waals surface area contributed by atoms with Crippen LogP contribution in [0.5, 0.6) is 5.75 Å². The quantitative estimate of drug-likeness (QED) is 0.227. The van der Waals surface area contributed by atoms with Crippen molar-refractivity contribution in [3.63, 3.8) is 0 Å². The molecule has 174 valence electrons. The summed E-state index contributed by atoms with van der Waals surface area (Å²) in [6.07, 6.45) is -4.38. The molecule has 0 saturated heterocycles. The molecule has 7 heteroatoms. The van der Waals surface area contributed by atoms with Crippen LogP contribution >= 0.6 is 11.8 Å². The molecule has 0 aromatic heterocycles. The minimum atomic E-state index is -4.38. The van der Waals surface area contributed by atoms with E-state index in [1.165, 1.54) is 23.9 Å². The molecule has 3 aromatic rings. The third-order valence-corrected chi connectivity index (χ3v) is 5.86. The molecule has 3 rings (SSSR count). The number of hydrogen-bond donors (Lipinski definition) is 1. The van der Waals surface area contributed by atoms with Gasteiger partial charge >= 0.3 is 6.18 Å². The SMILES string of the molecule is Cc1ccc(SC(=Nc2ccc(C(F)(F)F)cc2)N(Cc2ccc(O)cc2)CC(C)C)cc1. The number of alkyl halides is 3. The molecule has 0 atom stereocenters. The van der Waals surface area contributed by atoms with Crippen LogP contribution in [-0.2, 0) is 12.7 Å². The predicted molar refractivity (Wildman–Crippen MR) is 129 cm³/mol. The number of aryl methyl sites for hydroxylation is 1. The molecular weight excluding hydrogens is 445 g/mol. The smallest absolute Gasteiger partial charge is 0.416 e. The predicted octanol–water partition coefficient (Wildman–Crippen LogP) is 7.66. The van der Waals surface area contributed by atoms with Gasteiger partial charge in [-0.05, 0) is 66.9 Å². The monoisotopic (exact) mass is 472 g/mol. The number of phenols is 1. The number of hydrogen-bond acceptors (Lipinski definition) is 3. The largest absolute Gasteiger partial charge is 0.508 e. The van der Waals surface area contributed by atoms with Crippen LogP contribution in [0.2, 0.25) is 0 Å². The summed E-state index contributed by atoms with van der Waals surface area (Å²) in [5.74, 6) is 0.528. The minimum Gasteiger partial charge on any atom is -0.508 e. The van der Waals surface area contributed by atoms with Gasteiger partial charge in [0.05, 0.1) is 11.3 Å². The fourth-order valence-corrected chi connectivity index (χ4v) is 4.08. The molecule has 0 radical (unpaired) electrons. The molecule has 0 aliphatic carbocycles. The highest BCUT2D eigenvalue weighted by Gasteiger charge is 2.30. The lowest BCUT2D eigenvalue weighted by Crippen LogP contribution is -2.32. The van der Waals surface area contributed by atoms with E-state index in [9.17, 15) is 18.3 Å². The van der Waals surface area contributed by atoms with Gasteiger partial charge in [0, 0.05) is 18.0 Å². The Labute approximate surface area is 197 Å². The Morgan fingerprint density at radius 2 is 1.55 bits per heavy atom. The van der Waals surface area contributed by atoms with Gasteiger partial charge in [-0.2, -0.15) is 13.2 Å². The number of aromatic hydroxyl groups is 1. The third-order valence-electron chi connectivity index (χ3n) is 4.82. The highest BCUT2D eigenvalue weighted by molar-refractivity contribution is 8.13. The van der Waals surface area contributed by atoms with Crippen LogP contribution in [0.3, 0.4) is 0 Å². The summed E-state index contributed by atoms with van der Waals surface area (Å²) in [5, 5.41) is 10.3. The van der Waals surface area contributed by atoms with E-state index in [0.717, 1.165) is 28.2 Å². The van der Waals surface area contributed by atoms with E-state index in [0.29, 0.717) is 29.9 Å². The van der Waals surface area contributed by atoms with E-state index < -0.39 is 11.7 Å². The van der Waals surface area contributed by atoms with Crippen LogP contribution in [-0.4, -0.2) is 21.7 Å². The first-order chi connectivity index (χ1) is 15.6. The molecule has 0 aliphatic heterocycles. The minimum absolute atomic E-state index is 0.196. The Hall–Kier alpha value is -2.93. The number of thioether (sulfide) groups is 1. The van der Waals surface area contributed by atoms with Crippen LogP contribution in [0, 0.1) is 12.8 Å². The molecular formula is C26H27F3N2OS. The van der Waals surface area contributed by atoms with Crippen molar-refractivity contribution in [2.75, 3.05) is 6.54 Å². The summed E-state index contributed by atoms with van der Waals surface area (Å²) in [5.41, 5.74) is 1.90. The Balaban J connectivity index is 1.98. The molecule has 3 aromatic carbocycles. The standard InChI is InChI=1S/C26H27F3N2OS/c1-18(2)16-31(17-20-6-12-23(32)13-7-20)25(33-24-14-4-19(3)5-15-24)30-22-10-8-21(9-11-22)26(27,28)29/h4-15,18,32H,16-17H2,1-3H3. The lowest BCUT2D eigenvalue weighted by molar-refractivity contribution is -0.137.